The normalized spacial score (nSPS) is 10.3. The number of amides is 1. The maximum Gasteiger partial charge on any atom is 0.252 e. The topological polar surface area (TPSA) is 65.2 Å². The monoisotopic (exact) mass is 304 g/mol. The van der Waals surface area contributed by atoms with Crippen molar-refractivity contribution in [1.82, 2.24) is 4.98 Å². The summed E-state index contributed by atoms with van der Waals surface area (Å²) in [4.78, 5) is 15.7. The first-order valence-corrected chi connectivity index (χ1v) is 7.25. The van der Waals surface area contributed by atoms with Gasteiger partial charge in [-0.25, -0.2) is 0 Å². The molecule has 4 heteroatoms. The van der Waals surface area contributed by atoms with Gasteiger partial charge in [-0.15, -0.1) is 0 Å². The summed E-state index contributed by atoms with van der Waals surface area (Å²) in [6.45, 7) is 0.385. The molecule has 0 fully saturated rings. The van der Waals surface area contributed by atoms with Gasteiger partial charge in [-0.2, -0.15) is 0 Å². The fourth-order valence-electron chi connectivity index (χ4n) is 2.31. The van der Waals surface area contributed by atoms with Crippen LogP contribution in [0.5, 0.6) is 5.75 Å². The number of rotatable bonds is 5. The maximum atomic E-state index is 11.7. The Morgan fingerprint density at radius 1 is 0.957 bits per heavy atom. The van der Waals surface area contributed by atoms with Gasteiger partial charge < -0.3 is 10.5 Å². The number of ether oxygens (including phenoxy) is 1. The summed E-state index contributed by atoms with van der Waals surface area (Å²) in [6.07, 6.45) is 3.41. The Kier molecular flexibility index (Phi) is 4.34. The molecule has 0 spiro atoms. The predicted octanol–water partition coefficient (Wildman–Crippen LogP) is 3.43. The number of carbonyl (C=O) groups is 1. The van der Waals surface area contributed by atoms with Gasteiger partial charge >= 0.3 is 0 Å². The molecular formula is C19H16N2O2. The van der Waals surface area contributed by atoms with Crippen molar-refractivity contribution in [3.05, 3.63) is 84.2 Å². The third-order valence-corrected chi connectivity index (χ3v) is 3.50. The van der Waals surface area contributed by atoms with Crippen LogP contribution < -0.4 is 10.5 Å². The third kappa shape index (κ3) is 3.55. The van der Waals surface area contributed by atoms with Crippen LogP contribution in [0.4, 0.5) is 0 Å². The molecule has 0 atom stereocenters. The van der Waals surface area contributed by atoms with Crippen molar-refractivity contribution < 1.29 is 9.53 Å². The van der Waals surface area contributed by atoms with Gasteiger partial charge in [-0.3, -0.25) is 9.78 Å². The standard InChI is InChI=1S/C19H16N2O2/c20-19(22)17-12-16(15-8-10-21-11-9-15)6-7-18(17)23-13-14-4-2-1-3-5-14/h1-12H,13H2,(H2,20,22). The van der Waals surface area contributed by atoms with E-state index in [4.69, 9.17) is 10.5 Å². The minimum atomic E-state index is -0.510. The number of primary amides is 1. The Morgan fingerprint density at radius 2 is 1.70 bits per heavy atom. The van der Waals surface area contributed by atoms with E-state index >= 15 is 0 Å². The Labute approximate surface area is 134 Å². The molecule has 0 aliphatic rings. The first-order valence-electron chi connectivity index (χ1n) is 7.25. The van der Waals surface area contributed by atoms with E-state index in [-0.39, 0.29) is 0 Å². The number of hydrogen-bond donors (Lipinski definition) is 1. The molecule has 0 aliphatic carbocycles. The lowest BCUT2D eigenvalue weighted by atomic mass is 10.0. The van der Waals surface area contributed by atoms with Crippen LogP contribution in [-0.2, 0) is 6.61 Å². The highest BCUT2D eigenvalue weighted by Gasteiger charge is 2.11. The number of benzene rings is 2. The Morgan fingerprint density at radius 3 is 2.39 bits per heavy atom. The average Bonchev–Trinajstić information content (AvgIpc) is 2.61. The Balaban J connectivity index is 1.87. The molecule has 23 heavy (non-hydrogen) atoms. The number of nitrogens with zero attached hydrogens (tertiary/aromatic N) is 1. The number of aromatic nitrogens is 1. The molecular weight excluding hydrogens is 288 g/mol. The van der Waals surface area contributed by atoms with Crippen LogP contribution in [0.1, 0.15) is 15.9 Å². The lowest BCUT2D eigenvalue weighted by Crippen LogP contribution is -2.13. The van der Waals surface area contributed by atoms with Crippen molar-refractivity contribution in [3.8, 4) is 16.9 Å². The van der Waals surface area contributed by atoms with Crippen LogP contribution in [0.2, 0.25) is 0 Å². The van der Waals surface area contributed by atoms with E-state index in [0.717, 1.165) is 16.7 Å². The van der Waals surface area contributed by atoms with Crippen molar-refractivity contribution >= 4 is 5.91 Å². The molecule has 0 saturated heterocycles. The summed E-state index contributed by atoms with van der Waals surface area (Å²) in [5.74, 6) is -0.0249. The van der Waals surface area contributed by atoms with Crippen molar-refractivity contribution in [2.75, 3.05) is 0 Å². The van der Waals surface area contributed by atoms with Gasteiger partial charge in [0.1, 0.15) is 12.4 Å². The third-order valence-electron chi connectivity index (χ3n) is 3.50. The predicted molar refractivity (Wildman–Crippen MR) is 89.0 cm³/mol. The molecule has 0 radical (unpaired) electrons. The van der Waals surface area contributed by atoms with Crippen LogP contribution >= 0.6 is 0 Å². The molecule has 114 valence electrons. The smallest absolute Gasteiger partial charge is 0.252 e. The highest BCUT2D eigenvalue weighted by molar-refractivity contribution is 5.97. The van der Waals surface area contributed by atoms with E-state index in [1.807, 2.05) is 48.5 Å². The molecule has 3 aromatic rings. The zero-order chi connectivity index (χ0) is 16.1. The Bertz CT molecular complexity index is 802. The van der Waals surface area contributed by atoms with Gasteiger partial charge in [0.2, 0.25) is 0 Å². The largest absolute Gasteiger partial charge is 0.488 e. The molecule has 4 nitrogen and oxygen atoms in total. The first kappa shape index (κ1) is 14.8. The highest BCUT2D eigenvalue weighted by Crippen LogP contribution is 2.27. The molecule has 0 aliphatic heterocycles. The molecule has 2 N–H and O–H groups in total. The van der Waals surface area contributed by atoms with Gasteiger partial charge in [-0.1, -0.05) is 36.4 Å². The fourth-order valence-corrected chi connectivity index (χ4v) is 2.31. The lowest BCUT2D eigenvalue weighted by molar-refractivity contribution is 0.0996. The second-order valence-corrected chi connectivity index (χ2v) is 5.09. The van der Waals surface area contributed by atoms with Crippen LogP contribution in [0.15, 0.2) is 73.1 Å². The zero-order valence-electron chi connectivity index (χ0n) is 12.5. The quantitative estimate of drug-likeness (QED) is 0.785. The summed E-state index contributed by atoms with van der Waals surface area (Å²) in [5.41, 5.74) is 8.76. The van der Waals surface area contributed by atoms with Crippen LogP contribution in [-0.4, -0.2) is 10.9 Å². The average molecular weight is 304 g/mol. The minimum Gasteiger partial charge on any atom is -0.488 e. The molecule has 1 amide bonds. The number of hydrogen-bond acceptors (Lipinski definition) is 3. The zero-order valence-corrected chi connectivity index (χ0v) is 12.5. The van der Waals surface area contributed by atoms with Gasteiger partial charge in [0.05, 0.1) is 5.56 Å². The molecule has 0 bridgehead atoms. The van der Waals surface area contributed by atoms with Crippen molar-refractivity contribution in [1.29, 1.82) is 0 Å². The van der Waals surface area contributed by atoms with Crippen LogP contribution in [0, 0.1) is 0 Å². The summed E-state index contributed by atoms with van der Waals surface area (Å²) < 4.78 is 5.76. The second kappa shape index (κ2) is 6.75. The summed E-state index contributed by atoms with van der Waals surface area (Å²) in [5, 5.41) is 0. The number of pyridine rings is 1. The SMILES string of the molecule is NC(=O)c1cc(-c2ccncc2)ccc1OCc1ccccc1. The fraction of sp³-hybridized carbons (Fsp3) is 0.0526. The van der Waals surface area contributed by atoms with E-state index in [0.29, 0.717) is 17.9 Å². The van der Waals surface area contributed by atoms with E-state index in [9.17, 15) is 4.79 Å². The Hall–Kier alpha value is -3.14. The first-order chi connectivity index (χ1) is 11.2. The van der Waals surface area contributed by atoms with E-state index in [1.54, 1.807) is 24.5 Å². The maximum absolute atomic E-state index is 11.7. The molecule has 1 aromatic heterocycles. The molecule has 0 saturated carbocycles. The lowest BCUT2D eigenvalue weighted by Gasteiger charge is -2.11. The molecule has 1 heterocycles. The molecule has 0 unspecified atom stereocenters. The van der Waals surface area contributed by atoms with Gasteiger partial charge in [0.15, 0.2) is 0 Å². The van der Waals surface area contributed by atoms with Gasteiger partial charge in [0, 0.05) is 12.4 Å². The van der Waals surface area contributed by atoms with Crippen molar-refractivity contribution in [3.63, 3.8) is 0 Å². The second-order valence-electron chi connectivity index (χ2n) is 5.09. The number of nitrogens with two attached hydrogens (primary N) is 1. The van der Waals surface area contributed by atoms with Crippen LogP contribution in [0.25, 0.3) is 11.1 Å². The molecule has 3 rings (SSSR count). The summed E-state index contributed by atoms with van der Waals surface area (Å²) in [7, 11) is 0. The summed E-state index contributed by atoms with van der Waals surface area (Å²) in [6, 6.07) is 19.0. The van der Waals surface area contributed by atoms with Crippen molar-refractivity contribution in [2.24, 2.45) is 5.73 Å². The van der Waals surface area contributed by atoms with E-state index < -0.39 is 5.91 Å². The highest BCUT2D eigenvalue weighted by atomic mass is 16.5. The van der Waals surface area contributed by atoms with E-state index in [1.165, 1.54) is 0 Å². The summed E-state index contributed by atoms with van der Waals surface area (Å²) >= 11 is 0. The minimum absolute atomic E-state index is 0.371. The van der Waals surface area contributed by atoms with E-state index in [2.05, 4.69) is 4.98 Å². The van der Waals surface area contributed by atoms with Gasteiger partial charge in [0.25, 0.3) is 5.91 Å². The molecule has 2 aromatic carbocycles. The van der Waals surface area contributed by atoms with Crippen molar-refractivity contribution in [2.45, 2.75) is 6.61 Å². The van der Waals surface area contributed by atoms with Crippen LogP contribution in [0.3, 0.4) is 0 Å². The van der Waals surface area contributed by atoms with Gasteiger partial charge in [-0.05, 0) is 41.0 Å². The number of carbonyl (C=O) groups excluding carboxylic acids is 1.